The predicted octanol–water partition coefficient (Wildman–Crippen LogP) is 1.53. The summed E-state index contributed by atoms with van der Waals surface area (Å²) in [6, 6.07) is 3.39. The smallest absolute Gasteiger partial charge is 0.152 e. The summed E-state index contributed by atoms with van der Waals surface area (Å²) in [5.74, 6) is 0. The van der Waals surface area contributed by atoms with Gasteiger partial charge in [0.1, 0.15) is 10.7 Å². The first-order valence-electron chi connectivity index (χ1n) is 2.78. The zero-order valence-corrected chi connectivity index (χ0v) is 7.00. The van der Waals surface area contributed by atoms with Gasteiger partial charge < -0.3 is 0 Å². The van der Waals surface area contributed by atoms with Crippen molar-refractivity contribution in [3.05, 3.63) is 28.0 Å². The van der Waals surface area contributed by atoms with E-state index in [1.165, 1.54) is 12.3 Å². The molecular formula is C7H3BrN2O. The molecule has 54 valence electrons. The van der Waals surface area contributed by atoms with Gasteiger partial charge in [0.25, 0.3) is 0 Å². The molecule has 0 atom stereocenters. The van der Waals surface area contributed by atoms with E-state index < -0.39 is 0 Å². The van der Waals surface area contributed by atoms with Crippen LogP contribution >= 0.6 is 15.9 Å². The van der Waals surface area contributed by atoms with E-state index in [1.807, 2.05) is 6.07 Å². The van der Waals surface area contributed by atoms with Crippen molar-refractivity contribution in [1.82, 2.24) is 4.98 Å². The molecule has 1 aromatic heterocycles. The lowest BCUT2D eigenvalue weighted by Crippen LogP contribution is -1.88. The molecule has 0 aliphatic rings. The van der Waals surface area contributed by atoms with Crippen molar-refractivity contribution >= 4 is 22.2 Å². The maximum atomic E-state index is 10.3. The number of nitrogens with zero attached hydrogens (tertiary/aromatic N) is 2. The molecule has 0 aliphatic heterocycles. The second-order valence-electron chi connectivity index (χ2n) is 1.82. The summed E-state index contributed by atoms with van der Waals surface area (Å²) in [6.45, 7) is 0. The van der Waals surface area contributed by atoms with E-state index in [4.69, 9.17) is 5.26 Å². The van der Waals surface area contributed by atoms with Crippen molar-refractivity contribution < 1.29 is 4.79 Å². The Balaban J connectivity index is 3.30. The van der Waals surface area contributed by atoms with Crippen LogP contribution in [0, 0.1) is 11.3 Å². The molecule has 1 aromatic rings. The van der Waals surface area contributed by atoms with Gasteiger partial charge in [-0.15, -0.1) is 0 Å². The first-order chi connectivity index (χ1) is 5.27. The van der Waals surface area contributed by atoms with Crippen LogP contribution in [0.3, 0.4) is 0 Å². The number of hydrogen-bond donors (Lipinski definition) is 0. The molecule has 0 fully saturated rings. The van der Waals surface area contributed by atoms with E-state index in [9.17, 15) is 4.79 Å². The van der Waals surface area contributed by atoms with Crippen molar-refractivity contribution in [2.24, 2.45) is 0 Å². The highest BCUT2D eigenvalue weighted by Crippen LogP contribution is 2.10. The van der Waals surface area contributed by atoms with Gasteiger partial charge >= 0.3 is 0 Å². The van der Waals surface area contributed by atoms with Gasteiger partial charge in [0.15, 0.2) is 6.29 Å². The summed E-state index contributed by atoms with van der Waals surface area (Å²) < 4.78 is 0.555. The minimum absolute atomic E-state index is 0.315. The summed E-state index contributed by atoms with van der Waals surface area (Å²) in [4.78, 5) is 14.1. The van der Waals surface area contributed by atoms with Crippen molar-refractivity contribution in [2.75, 3.05) is 0 Å². The van der Waals surface area contributed by atoms with E-state index in [2.05, 4.69) is 20.9 Å². The van der Waals surface area contributed by atoms with E-state index in [0.29, 0.717) is 22.0 Å². The highest BCUT2D eigenvalue weighted by atomic mass is 79.9. The standard InChI is InChI=1S/C7H3BrN2O/c8-7-1-5(2-9)6(4-11)3-10-7/h1,3-4H. The molecule has 0 spiro atoms. The Morgan fingerprint density at radius 2 is 2.45 bits per heavy atom. The van der Waals surface area contributed by atoms with Crippen LogP contribution in [-0.2, 0) is 0 Å². The van der Waals surface area contributed by atoms with E-state index in [-0.39, 0.29) is 0 Å². The maximum absolute atomic E-state index is 10.3. The minimum Gasteiger partial charge on any atom is -0.298 e. The second kappa shape index (κ2) is 3.26. The van der Waals surface area contributed by atoms with Crippen LogP contribution in [0.2, 0.25) is 0 Å². The number of pyridine rings is 1. The Morgan fingerprint density at radius 1 is 1.73 bits per heavy atom. The maximum Gasteiger partial charge on any atom is 0.152 e. The summed E-state index contributed by atoms with van der Waals surface area (Å²) in [7, 11) is 0. The Kier molecular flexibility index (Phi) is 2.34. The Hall–Kier alpha value is -1.21. The molecule has 0 bridgehead atoms. The molecule has 0 aromatic carbocycles. The number of aldehydes is 1. The number of hydrogen-bond acceptors (Lipinski definition) is 3. The van der Waals surface area contributed by atoms with Crippen LogP contribution < -0.4 is 0 Å². The molecule has 0 saturated heterocycles. The van der Waals surface area contributed by atoms with E-state index in [0.717, 1.165) is 0 Å². The summed E-state index contributed by atoms with van der Waals surface area (Å²) >= 11 is 3.09. The molecular weight excluding hydrogens is 208 g/mol. The lowest BCUT2D eigenvalue weighted by molar-refractivity contribution is 0.112. The number of carbonyl (C=O) groups excluding carboxylic acids is 1. The average molecular weight is 211 g/mol. The number of rotatable bonds is 1. The number of nitriles is 1. The Morgan fingerprint density at radius 3 is 3.00 bits per heavy atom. The van der Waals surface area contributed by atoms with Gasteiger partial charge in [-0.3, -0.25) is 4.79 Å². The topological polar surface area (TPSA) is 53.8 Å². The first kappa shape index (κ1) is 7.89. The molecule has 0 aliphatic carbocycles. The van der Waals surface area contributed by atoms with Gasteiger partial charge in [0, 0.05) is 6.20 Å². The molecule has 0 amide bonds. The Bertz CT molecular complexity index is 330. The lowest BCUT2D eigenvalue weighted by atomic mass is 10.2. The van der Waals surface area contributed by atoms with Gasteiger partial charge in [-0.25, -0.2) is 4.98 Å². The molecule has 0 radical (unpaired) electrons. The average Bonchev–Trinajstić information content (AvgIpc) is 2.04. The van der Waals surface area contributed by atoms with Crippen molar-refractivity contribution in [3.63, 3.8) is 0 Å². The normalized spacial score (nSPS) is 8.73. The summed E-state index contributed by atoms with van der Waals surface area (Å²) in [5.41, 5.74) is 0.651. The predicted molar refractivity (Wildman–Crippen MR) is 42.0 cm³/mol. The van der Waals surface area contributed by atoms with Crippen LogP contribution in [0.4, 0.5) is 0 Å². The van der Waals surface area contributed by atoms with Gasteiger partial charge in [-0.2, -0.15) is 5.26 Å². The number of carbonyl (C=O) groups is 1. The number of aromatic nitrogens is 1. The third-order valence-electron chi connectivity index (χ3n) is 1.15. The molecule has 0 unspecified atom stereocenters. The first-order valence-corrected chi connectivity index (χ1v) is 3.58. The monoisotopic (exact) mass is 210 g/mol. The fourth-order valence-electron chi connectivity index (χ4n) is 0.631. The highest BCUT2D eigenvalue weighted by molar-refractivity contribution is 9.10. The number of halogens is 1. The lowest BCUT2D eigenvalue weighted by Gasteiger charge is -1.93. The van der Waals surface area contributed by atoms with Crippen molar-refractivity contribution in [2.45, 2.75) is 0 Å². The molecule has 1 heterocycles. The van der Waals surface area contributed by atoms with Crippen molar-refractivity contribution in [1.29, 1.82) is 5.26 Å². The highest BCUT2D eigenvalue weighted by Gasteiger charge is 2.00. The second-order valence-corrected chi connectivity index (χ2v) is 2.64. The quantitative estimate of drug-likeness (QED) is 0.522. The van der Waals surface area contributed by atoms with Gasteiger partial charge in [0.05, 0.1) is 11.1 Å². The fourth-order valence-corrected chi connectivity index (χ4v) is 0.962. The zero-order valence-electron chi connectivity index (χ0n) is 5.41. The van der Waals surface area contributed by atoms with Crippen LogP contribution in [0.15, 0.2) is 16.9 Å². The molecule has 11 heavy (non-hydrogen) atoms. The largest absolute Gasteiger partial charge is 0.298 e. The third-order valence-corrected chi connectivity index (χ3v) is 1.58. The zero-order chi connectivity index (χ0) is 8.27. The van der Waals surface area contributed by atoms with E-state index >= 15 is 0 Å². The van der Waals surface area contributed by atoms with Gasteiger partial charge in [-0.1, -0.05) is 0 Å². The molecule has 0 N–H and O–H groups in total. The summed E-state index contributed by atoms with van der Waals surface area (Å²) in [5, 5.41) is 8.52. The molecule has 0 saturated carbocycles. The molecule has 1 rings (SSSR count). The van der Waals surface area contributed by atoms with Crippen LogP contribution in [-0.4, -0.2) is 11.3 Å². The van der Waals surface area contributed by atoms with E-state index in [1.54, 1.807) is 0 Å². The minimum atomic E-state index is 0.315. The van der Waals surface area contributed by atoms with Crippen LogP contribution in [0.1, 0.15) is 15.9 Å². The molecule has 4 heteroatoms. The fraction of sp³-hybridized carbons (Fsp3) is 0. The molecule has 3 nitrogen and oxygen atoms in total. The van der Waals surface area contributed by atoms with Crippen LogP contribution in [0.25, 0.3) is 0 Å². The third kappa shape index (κ3) is 1.63. The Labute approximate surface area is 71.8 Å². The summed E-state index contributed by atoms with van der Waals surface area (Å²) in [6.07, 6.45) is 1.97. The van der Waals surface area contributed by atoms with Crippen molar-refractivity contribution in [3.8, 4) is 6.07 Å². The van der Waals surface area contributed by atoms with Gasteiger partial charge in [0.2, 0.25) is 0 Å². The van der Waals surface area contributed by atoms with Gasteiger partial charge in [-0.05, 0) is 22.0 Å². The SMILES string of the molecule is N#Cc1cc(Br)ncc1C=O. The van der Waals surface area contributed by atoms with Crippen LogP contribution in [0.5, 0.6) is 0 Å².